The van der Waals surface area contributed by atoms with Gasteiger partial charge in [0.25, 0.3) is 6.43 Å². The first kappa shape index (κ1) is 10.8. The number of aliphatic hydroxyl groups is 1. The summed E-state index contributed by atoms with van der Waals surface area (Å²) < 4.78 is 26.4. The third-order valence-electron chi connectivity index (χ3n) is 2.36. The van der Waals surface area contributed by atoms with E-state index < -0.39 is 12.5 Å². The Morgan fingerprint density at radius 3 is 2.31 bits per heavy atom. The van der Waals surface area contributed by atoms with Gasteiger partial charge in [-0.15, -0.1) is 0 Å². The van der Waals surface area contributed by atoms with Crippen molar-refractivity contribution in [1.82, 2.24) is 4.57 Å². The number of para-hydroxylation sites is 1. The van der Waals surface area contributed by atoms with Crippen molar-refractivity contribution in [3.05, 3.63) is 54.4 Å². The number of alkyl halides is 2. The molecule has 1 atom stereocenters. The van der Waals surface area contributed by atoms with E-state index >= 15 is 0 Å². The van der Waals surface area contributed by atoms with Gasteiger partial charge < -0.3 is 9.67 Å². The Bertz CT molecular complexity index is 453. The zero-order chi connectivity index (χ0) is 11.5. The van der Waals surface area contributed by atoms with E-state index in [2.05, 4.69) is 0 Å². The molecule has 1 aromatic carbocycles. The van der Waals surface area contributed by atoms with Crippen LogP contribution in [0.1, 0.15) is 11.8 Å². The van der Waals surface area contributed by atoms with E-state index in [4.69, 9.17) is 0 Å². The summed E-state index contributed by atoms with van der Waals surface area (Å²) in [4.78, 5) is 0. The molecular formula is C12H11F2NO. The number of aromatic nitrogens is 1. The molecule has 0 saturated heterocycles. The van der Waals surface area contributed by atoms with Crippen LogP contribution in [0.15, 0.2) is 48.7 Å². The van der Waals surface area contributed by atoms with Crippen molar-refractivity contribution in [2.24, 2.45) is 0 Å². The van der Waals surface area contributed by atoms with Gasteiger partial charge >= 0.3 is 0 Å². The number of hydrogen-bond donors (Lipinski definition) is 1. The van der Waals surface area contributed by atoms with E-state index in [9.17, 15) is 13.9 Å². The van der Waals surface area contributed by atoms with Gasteiger partial charge in [0.2, 0.25) is 0 Å². The molecule has 0 aliphatic rings. The van der Waals surface area contributed by atoms with Crippen LogP contribution in [0.25, 0.3) is 5.69 Å². The molecule has 0 bridgehead atoms. The summed E-state index contributed by atoms with van der Waals surface area (Å²) in [5.74, 6) is 0. The Morgan fingerprint density at radius 2 is 1.69 bits per heavy atom. The fraction of sp³-hybridized carbons (Fsp3) is 0.167. The smallest absolute Gasteiger partial charge is 0.269 e. The van der Waals surface area contributed by atoms with Crippen molar-refractivity contribution in [2.75, 3.05) is 0 Å². The largest absolute Gasteiger partial charge is 0.381 e. The molecule has 1 heterocycles. The molecule has 0 amide bonds. The highest BCUT2D eigenvalue weighted by Crippen LogP contribution is 2.23. The van der Waals surface area contributed by atoms with E-state index in [-0.39, 0.29) is 5.69 Å². The molecule has 1 N–H and O–H groups in total. The van der Waals surface area contributed by atoms with Gasteiger partial charge in [-0.05, 0) is 24.3 Å². The average molecular weight is 223 g/mol. The van der Waals surface area contributed by atoms with E-state index in [0.717, 1.165) is 5.69 Å². The van der Waals surface area contributed by atoms with Crippen LogP contribution >= 0.6 is 0 Å². The molecule has 2 rings (SSSR count). The topological polar surface area (TPSA) is 25.2 Å². The summed E-state index contributed by atoms with van der Waals surface area (Å²) in [6.07, 6.45) is -2.89. The molecule has 4 heteroatoms. The molecule has 84 valence electrons. The number of nitrogens with zero attached hydrogens (tertiary/aromatic N) is 1. The van der Waals surface area contributed by atoms with Crippen LogP contribution in [0, 0.1) is 0 Å². The summed E-state index contributed by atoms with van der Waals surface area (Å²) >= 11 is 0. The Morgan fingerprint density at radius 1 is 1.00 bits per heavy atom. The summed E-state index contributed by atoms with van der Waals surface area (Å²) in [6.45, 7) is 0. The Hall–Kier alpha value is -1.68. The number of aliphatic hydroxyl groups excluding tert-OH is 1. The van der Waals surface area contributed by atoms with Gasteiger partial charge in [0.15, 0.2) is 6.10 Å². The minimum absolute atomic E-state index is 0.196. The summed E-state index contributed by atoms with van der Waals surface area (Å²) in [7, 11) is 0. The maximum Gasteiger partial charge on any atom is 0.269 e. The Balaban J connectivity index is 2.40. The summed E-state index contributed by atoms with van der Waals surface area (Å²) in [5.41, 5.74) is 0.948. The zero-order valence-electron chi connectivity index (χ0n) is 8.42. The minimum atomic E-state index is -2.78. The van der Waals surface area contributed by atoms with Crippen molar-refractivity contribution in [2.45, 2.75) is 12.5 Å². The first-order valence-corrected chi connectivity index (χ1v) is 4.89. The molecule has 0 aliphatic carbocycles. The highest BCUT2D eigenvalue weighted by molar-refractivity contribution is 5.35. The standard InChI is InChI=1S/C12H11F2NO/c13-12(14)11(16)10-7-4-8-15(10)9-5-2-1-3-6-9/h1-8,11-12,16H. The van der Waals surface area contributed by atoms with Crippen molar-refractivity contribution in [1.29, 1.82) is 0 Å². The minimum Gasteiger partial charge on any atom is -0.381 e. The van der Waals surface area contributed by atoms with Gasteiger partial charge in [-0.3, -0.25) is 0 Å². The highest BCUT2D eigenvalue weighted by atomic mass is 19.3. The van der Waals surface area contributed by atoms with Gasteiger partial charge in [0.1, 0.15) is 0 Å². The van der Waals surface area contributed by atoms with Crippen LogP contribution in [0.3, 0.4) is 0 Å². The number of rotatable bonds is 3. The van der Waals surface area contributed by atoms with Crippen molar-refractivity contribution in [3.63, 3.8) is 0 Å². The van der Waals surface area contributed by atoms with Crippen molar-refractivity contribution >= 4 is 0 Å². The van der Waals surface area contributed by atoms with Crippen molar-refractivity contribution < 1.29 is 13.9 Å². The van der Waals surface area contributed by atoms with E-state index in [1.807, 2.05) is 18.2 Å². The monoisotopic (exact) mass is 223 g/mol. The lowest BCUT2D eigenvalue weighted by Gasteiger charge is -2.13. The SMILES string of the molecule is OC(c1cccn1-c1ccccc1)C(F)F. The van der Waals surface area contributed by atoms with Gasteiger partial charge in [-0.2, -0.15) is 0 Å². The van der Waals surface area contributed by atoms with Crippen LogP contribution in [0.4, 0.5) is 8.78 Å². The van der Waals surface area contributed by atoms with Gasteiger partial charge in [0.05, 0.1) is 5.69 Å². The molecule has 1 unspecified atom stereocenters. The maximum atomic E-state index is 12.4. The number of halogens is 2. The van der Waals surface area contributed by atoms with Crippen molar-refractivity contribution in [3.8, 4) is 5.69 Å². The zero-order valence-corrected chi connectivity index (χ0v) is 8.42. The molecule has 0 radical (unpaired) electrons. The fourth-order valence-corrected chi connectivity index (χ4v) is 1.59. The lowest BCUT2D eigenvalue weighted by molar-refractivity contribution is -0.00904. The average Bonchev–Trinajstić information content (AvgIpc) is 2.77. The second kappa shape index (κ2) is 4.45. The van der Waals surface area contributed by atoms with E-state index in [1.54, 1.807) is 29.0 Å². The lowest BCUT2D eigenvalue weighted by Crippen LogP contribution is -2.12. The van der Waals surface area contributed by atoms with Gasteiger partial charge in [-0.1, -0.05) is 18.2 Å². The predicted octanol–water partition coefficient (Wildman–Crippen LogP) is 2.78. The summed E-state index contributed by atoms with van der Waals surface area (Å²) in [5, 5.41) is 9.36. The van der Waals surface area contributed by atoms with Crippen LogP contribution in [-0.2, 0) is 0 Å². The molecule has 2 aromatic rings. The number of hydrogen-bond acceptors (Lipinski definition) is 1. The van der Waals surface area contributed by atoms with Gasteiger partial charge in [-0.25, -0.2) is 8.78 Å². The van der Waals surface area contributed by atoms with Crippen LogP contribution in [0.2, 0.25) is 0 Å². The molecule has 0 fully saturated rings. The third kappa shape index (κ3) is 1.97. The van der Waals surface area contributed by atoms with Crippen LogP contribution < -0.4 is 0 Å². The number of benzene rings is 1. The highest BCUT2D eigenvalue weighted by Gasteiger charge is 2.22. The molecule has 1 aromatic heterocycles. The first-order valence-electron chi connectivity index (χ1n) is 4.89. The molecule has 0 aliphatic heterocycles. The molecule has 0 saturated carbocycles. The quantitative estimate of drug-likeness (QED) is 0.850. The van der Waals surface area contributed by atoms with E-state index in [1.165, 1.54) is 6.07 Å². The first-order chi connectivity index (χ1) is 7.70. The lowest BCUT2D eigenvalue weighted by atomic mass is 10.2. The Kier molecular flexibility index (Phi) is 3.01. The molecule has 16 heavy (non-hydrogen) atoms. The Labute approximate surface area is 91.8 Å². The second-order valence-corrected chi connectivity index (χ2v) is 3.42. The van der Waals surface area contributed by atoms with Crippen LogP contribution in [0.5, 0.6) is 0 Å². The summed E-state index contributed by atoms with van der Waals surface area (Å²) in [6, 6.07) is 12.2. The third-order valence-corrected chi connectivity index (χ3v) is 2.36. The normalized spacial score (nSPS) is 13.0. The second-order valence-electron chi connectivity index (χ2n) is 3.42. The molecule has 0 spiro atoms. The predicted molar refractivity (Wildman–Crippen MR) is 56.7 cm³/mol. The molecular weight excluding hydrogens is 212 g/mol. The van der Waals surface area contributed by atoms with Gasteiger partial charge in [0, 0.05) is 11.9 Å². The van der Waals surface area contributed by atoms with Crippen LogP contribution in [-0.4, -0.2) is 16.1 Å². The molecule has 2 nitrogen and oxygen atoms in total. The van der Waals surface area contributed by atoms with E-state index in [0.29, 0.717) is 0 Å². The maximum absolute atomic E-state index is 12.4. The fourth-order valence-electron chi connectivity index (χ4n) is 1.59.